The fourth-order valence-electron chi connectivity index (χ4n) is 4.90. The Morgan fingerprint density at radius 2 is 1.97 bits per heavy atom. The van der Waals surface area contributed by atoms with Crippen LogP contribution in [-0.4, -0.2) is 70.9 Å². The van der Waals surface area contributed by atoms with E-state index in [0.29, 0.717) is 41.7 Å². The fraction of sp³-hybridized carbons (Fsp3) is 0.500. The lowest BCUT2D eigenvalue weighted by molar-refractivity contribution is -0.139. The number of ether oxygens (including phenoxy) is 1. The predicted molar refractivity (Wildman–Crippen MR) is 143 cm³/mol. The van der Waals surface area contributed by atoms with E-state index in [9.17, 15) is 19.5 Å². The number of methoxy groups -OCH3 is 1. The summed E-state index contributed by atoms with van der Waals surface area (Å²) < 4.78 is 6.57. The van der Waals surface area contributed by atoms with E-state index in [1.807, 2.05) is 12.1 Å². The first-order chi connectivity index (χ1) is 17.7. The molecule has 2 heterocycles. The van der Waals surface area contributed by atoms with E-state index >= 15 is 0 Å². The molecule has 9 nitrogen and oxygen atoms in total. The monoisotopic (exact) mass is 550 g/mol. The van der Waals surface area contributed by atoms with Crippen LogP contribution in [0.4, 0.5) is 10.5 Å². The SMILES string of the molecule is COCCNc1cc(Cl)c(Cl)c(CN(C(=O)C2CN(C(=O)O)CCC2c2ccn(C)c(=O)c2)C2CC2)c1. The number of carbonyl (C=O) groups excluding carboxylic acids is 1. The molecule has 4 rings (SSSR count). The van der Waals surface area contributed by atoms with E-state index in [1.54, 1.807) is 37.4 Å². The topological polar surface area (TPSA) is 104 Å². The predicted octanol–water partition coefficient (Wildman–Crippen LogP) is 4.03. The number of piperidine rings is 1. The molecule has 2 fully saturated rings. The minimum atomic E-state index is -1.05. The molecule has 1 aromatic carbocycles. The third kappa shape index (κ3) is 6.40. The molecule has 0 bridgehead atoms. The second kappa shape index (κ2) is 11.8. The van der Waals surface area contributed by atoms with Gasteiger partial charge in [0.1, 0.15) is 0 Å². The lowest BCUT2D eigenvalue weighted by Crippen LogP contribution is -2.50. The summed E-state index contributed by atoms with van der Waals surface area (Å²) in [5, 5.41) is 13.7. The van der Waals surface area contributed by atoms with E-state index in [0.717, 1.165) is 24.1 Å². The molecule has 2 amide bonds. The molecule has 1 aliphatic heterocycles. The van der Waals surface area contributed by atoms with E-state index in [-0.39, 0.29) is 36.5 Å². The summed E-state index contributed by atoms with van der Waals surface area (Å²) >= 11 is 13.0. The third-order valence-electron chi connectivity index (χ3n) is 7.11. The second-order valence-electron chi connectivity index (χ2n) is 9.69. The van der Waals surface area contributed by atoms with Gasteiger partial charge in [0.25, 0.3) is 5.56 Å². The number of carboxylic acid groups (broad SMARTS) is 1. The van der Waals surface area contributed by atoms with Crippen LogP contribution >= 0.6 is 23.2 Å². The maximum absolute atomic E-state index is 14.1. The highest BCUT2D eigenvalue weighted by Crippen LogP contribution is 2.39. The lowest BCUT2D eigenvalue weighted by Gasteiger charge is -2.39. The first-order valence-corrected chi connectivity index (χ1v) is 13.1. The minimum Gasteiger partial charge on any atom is -0.465 e. The van der Waals surface area contributed by atoms with Crippen LogP contribution in [0.25, 0.3) is 0 Å². The van der Waals surface area contributed by atoms with Crippen molar-refractivity contribution in [1.29, 1.82) is 0 Å². The third-order valence-corrected chi connectivity index (χ3v) is 7.95. The number of pyridine rings is 1. The summed E-state index contributed by atoms with van der Waals surface area (Å²) in [5.74, 6) is -1.02. The normalized spacial score (nSPS) is 19.5. The number of likely N-dealkylation sites (tertiary alicyclic amines) is 1. The average molecular weight is 551 g/mol. The number of benzene rings is 1. The zero-order valence-corrected chi connectivity index (χ0v) is 22.5. The molecule has 2 atom stereocenters. The minimum absolute atomic E-state index is 0.0527. The van der Waals surface area contributed by atoms with Gasteiger partial charge in [-0.15, -0.1) is 0 Å². The Morgan fingerprint density at radius 1 is 1.22 bits per heavy atom. The van der Waals surface area contributed by atoms with Gasteiger partial charge >= 0.3 is 6.09 Å². The Labute approximate surface area is 225 Å². The Kier molecular flexibility index (Phi) is 8.67. The zero-order chi connectivity index (χ0) is 26.7. The number of halogens is 2. The molecular formula is C26H32Cl2N4O5. The molecule has 37 heavy (non-hydrogen) atoms. The van der Waals surface area contributed by atoms with E-state index in [4.69, 9.17) is 27.9 Å². The maximum Gasteiger partial charge on any atom is 0.407 e. The van der Waals surface area contributed by atoms with Gasteiger partial charge in [0.05, 0.1) is 22.6 Å². The molecule has 1 saturated carbocycles. The summed E-state index contributed by atoms with van der Waals surface area (Å²) in [7, 11) is 3.29. The Morgan fingerprint density at radius 3 is 2.62 bits per heavy atom. The molecule has 200 valence electrons. The quantitative estimate of drug-likeness (QED) is 0.457. The molecule has 2 aromatic rings. The molecule has 2 unspecified atom stereocenters. The number of nitrogens with zero attached hydrogens (tertiary/aromatic N) is 3. The van der Waals surface area contributed by atoms with Crippen molar-refractivity contribution in [2.45, 2.75) is 37.8 Å². The lowest BCUT2D eigenvalue weighted by atomic mass is 9.80. The first kappa shape index (κ1) is 27.3. The standard InChI is InChI=1S/C26H32Cl2N4O5/c1-30-8-5-16(12-23(30)33)20-6-9-31(26(35)36)15-21(20)25(34)32(19-3-4-19)14-17-11-18(29-7-10-37-2)13-22(27)24(17)28/h5,8,11-13,19-21,29H,3-4,6-7,9-10,14-15H2,1-2H3,(H,35,36). The van der Waals surface area contributed by atoms with Crippen LogP contribution in [0.1, 0.15) is 36.3 Å². The molecule has 0 spiro atoms. The van der Waals surface area contributed by atoms with E-state index in [1.165, 1.54) is 9.47 Å². The number of rotatable bonds is 9. The summed E-state index contributed by atoms with van der Waals surface area (Å²) in [6.45, 7) is 1.75. The van der Waals surface area contributed by atoms with Crippen molar-refractivity contribution in [3.8, 4) is 0 Å². The molecule has 11 heteroatoms. The number of hydrogen-bond donors (Lipinski definition) is 2. The van der Waals surface area contributed by atoms with Gasteiger partial charge < -0.3 is 29.5 Å². The van der Waals surface area contributed by atoms with E-state index in [2.05, 4.69) is 5.32 Å². The number of aryl methyl sites for hydroxylation is 1. The van der Waals surface area contributed by atoms with Crippen LogP contribution in [0.2, 0.25) is 10.0 Å². The van der Waals surface area contributed by atoms with Gasteiger partial charge in [0.2, 0.25) is 5.91 Å². The van der Waals surface area contributed by atoms with Crippen molar-refractivity contribution in [2.75, 3.05) is 38.7 Å². The number of hydrogen-bond acceptors (Lipinski definition) is 5. The van der Waals surface area contributed by atoms with E-state index < -0.39 is 12.0 Å². The van der Waals surface area contributed by atoms with Crippen LogP contribution in [0, 0.1) is 5.92 Å². The molecular weight excluding hydrogens is 519 g/mol. The van der Waals surface area contributed by atoms with Crippen molar-refractivity contribution < 1.29 is 19.4 Å². The summed E-state index contributed by atoms with van der Waals surface area (Å²) in [6, 6.07) is 7.07. The molecule has 0 radical (unpaired) electrons. The molecule has 2 N–H and O–H groups in total. The highest BCUT2D eigenvalue weighted by molar-refractivity contribution is 6.42. The number of amides is 2. The zero-order valence-electron chi connectivity index (χ0n) is 21.0. The van der Waals surface area contributed by atoms with Crippen molar-refractivity contribution in [1.82, 2.24) is 14.4 Å². The number of nitrogens with one attached hydrogen (secondary N) is 1. The fourth-order valence-corrected chi connectivity index (χ4v) is 5.31. The molecule has 2 aliphatic rings. The summed E-state index contributed by atoms with van der Waals surface area (Å²) in [6.07, 6.45) is 2.83. The maximum atomic E-state index is 14.1. The van der Waals surface area contributed by atoms with Gasteiger partial charge in [0, 0.05) is 64.3 Å². The van der Waals surface area contributed by atoms with Crippen molar-refractivity contribution in [2.24, 2.45) is 13.0 Å². The summed E-state index contributed by atoms with van der Waals surface area (Å²) in [5.41, 5.74) is 2.08. The highest BCUT2D eigenvalue weighted by Gasteiger charge is 2.43. The van der Waals surface area contributed by atoms with Crippen molar-refractivity contribution in [3.05, 3.63) is 62.0 Å². The van der Waals surface area contributed by atoms with Gasteiger partial charge in [-0.2, -0.15) is 0 Å². The Hall–Kier alpha value is -2.75. The van der Waals surface area contributed by atoms with Crippen molar-refractivity contribution >= 4 is 40.9 Å². The smallest absolute Gasteiger partial charge is 0.407 e. The van der Waals surface area contributed by atoms with Gasteiger partial charge in [0.15, 0.2) is 0 Å². The highest BCUT2D eigenvalue weighted by atomic mass is 35.5. The van der Waals surface area contributed by atoms with Crippen LogP contribution in [0.5, 0.6) is 0 Å². The second-order valence-corrected chi connectivity index (χ2v) is 10.5. The average Bonchev–Trinajstić information content (AvgIpc) is 3.71. The van der Waals surface area contributed by atoms with Crippen LogP contribution in [-0.2, 0) is 23.1 Å². The molecule has 1 aromatic heterocycles. The van der Waals surface area contributed by atoms with Crippen molar-refractivity contribution in [3.63, 3.8) is 0 Å². The molecule has 1 saturated heterocycles. The summed E-state index contributed by atoms with van der Waals surface area (Å²) in [4.78, 5) is 41.3. The van der Waals surface area contributed by atoms with Gasteiger partial charge in [-0.3, -0.25) is 9.59 Å². The van der Waals surface area contributed by atoms with Gasteiger partial charge in [-0.25, -0.2) is 4.79 Å². The Balaban J connectivity index is 1.63. The van der Waals surface area contributed by atoms with Gasteiger partial charge in [-0.1, -0.05) is 23.2 Å². The van der Waals surface area contributed by atoms with Crippen LogP contribution in [0.3, 0.4) is 0 Å². The van der Waals surface area contributed by atoms with Gasteiger partial charge in [-0.05, 0) is 54.5 Å². The molecule has 1 aliphatic carbocycles. The largest absolute Gasteiger partial charge is 0.465 e. The van der Waals surface area contributed by atoms with Crippen LogP contribution < -0.4 is 10.9 Å². The first-order valence-electron chi connectivity index (χ1n) is 12.3. The number of carbonyl (C=O) groups is 2. The van der Waals surface area contributed by atoms with Crippen LogP contribution in [0.15, 0.2) is 35.3 Å². The number of aromatic nitrogens is 1. The number of anilines is 1. The Bertz CT molecular complexity index is 1220.